The maximum Gasteiger partial charge on any atom is 0.261 e. The predicted molar refractivity (Wildman–Crippen MR) is 133 cm³/mol. The molecule has 188 valence electrons. The van der Waals surface area contributed by atoms with E-state index in [4.69, 9.17) is 4.74 Å². The van der Waals surface area contributed by atoms with Gasteiger partial charge in [0.25, 0.3) is 5.91 Å². The molecule has 4 rings (SSSR count). The maximum absolute atomic E-state index is 14.1. The van der Waals surface area contributed by atoms with Crippen LogP contribution in [-0.4, -0.2) is 29.4 Å². The van der Waals surface area contributed by atoms with Crippen molar-refractivity contribution in [1.82, 2.24) is 10.2 Å². The SMILES string of the molecule is CCC(=O)N1CCc2ccc(O[C@H](CC)C(=O)NCc3ccc(F)cc3)cc2[C@@H]1c1cccc(F)c1. The minimum atomic E-state index is -0.729. The molecule has 0 aliphatic carbocycles. The summed E-state index contributed by atoms with van der Waals surface area (Å²) in [7, 11) is 0. The molecule has 0 saturated carbocycles. The minimum absolute atomic E-state index is 0.00663. The Bertz CT molecular complexity index is 1230. The first-order valence-corrected chi connectivity index (χ1v) is 12.3. The van der Waals surface area contributed by atoms with E-state index in [9.17, 15) is 18.4 Å². The molecule has 2 atom stereocenters. The van der Waals surface area contributed by atoms with Gasteiger partial charge >= 0.3 is 0 Å². The van der Waals surface area contributed by atoms with Gasteiger partial charge in [-0.25, -0.2) is 8.78 Å². The van der Waals surface area contributed by atoms with Gasteiger partial charge in [0.05, 0.1) is 6.04 Å². The topological polar surface area (TPSA) is 58.6 Å². The highest BCUT2D eigenvalue weighted by atomic mass is 19.1. The van der Waals surface area contributed by atoms with Crippen LogP contribution >= 0.6 is 0 Å². The van der Waals surface area contributed by atoms with E-state index >= 15 is 0 Å². The monoisotopic (exact) mass is 492 g/mol. The van der Waals surface area contributed by atoms with Crippen molar-refractivity contribution in [2.24, 2.45) is 0 Å². The third-order valence-electron chi connectivity index (χ3n) is 6.45. The van der Waals surface area contributed by atoms with Crippen molar-refractivity contribution in [3.05, 3.63) is 101 Å². The third kappa shape index (κ3) is 5.73. The molecule has 36 heavy (non-hydrogen) atoms. The number of halogens is 2. The fraction of sp³-hybridized carbons (Fsp3) is 0.310. The summed E-state index contributed by atoms with van der Waals surface area (Å²) in [5, 5.41) is 2.84. The summed E-state index contributed by atoms with van der Waals surface area (Å²) in [5.74, 6) is -0.468. The van der Waals surface area contributed by atoms with Gasteiger partial charge in [-0.2, -0.15) is 0 Å². The summed E-state index contributed by atoms with van der Waals surface area (Å²) < 4.78 is 33.3. The number of hydrogen-bond donors (Lipinski definition) is 1. The lowest BCUT2D eigenvalue weighted by molar-refractivity contribution is -0.133. The van der Waals surface area contributed by atoms with Crippen LogP contribution in [0, 0.1) is 11.6 Å². The highest BCUT2D eigenvalue weighted by Gasteiger charge is 2.32. The molecule has 1 aliphatic rings. The van der Waals surface area contributed by atoms with Crippen molar-refractivity contribution in [2.45, 2.75) is 51.8 Å². The number of nitrogens with zero attached hydrogens (tertiary/aromatic N) is 1. The summed E-state index contributed by atoms with van der Waals surface area (Å²) in [5.41, 5.74) is 3.41. The number of ether oxygens (including phenoxy) is 1. The molecule has 7 heteroatoms. The number of fused-ring (bicyclic) bond motifs is 1. The molecule has 0 bridgehead atoms. The van der Waals surface area contributed by atoms with E-state index in [0.29, 0.717) is 37.1 Å². The highest BCUT2D eigenvalue weighted by Crippen LogP contribution is 2.38. The fourth-order valence-electron chi connectivity index (χ4n) is 4.57. The van der Waals surface area contributed by atoms with Crippen LogP contribution in [0.25, 0.3) is 0 Å². The van der Waals surface area contributed by atoms with Crippen molar-refractivity contribution in [2.75, 3.05) is 6.54 Å². The Hall–Kier alpha value is -3.74. The lowest BCUT2D eigenvalue weighted by Gasteiger charge is -2.38. The molecule has 1 N–H and O–H groups in total. The predicted octanol–water partition coefficient (Wildman–Crippen LogP) is 5.32. The molecule has 0 radical (unpaired) electrons. The number of nitrogens with one attached hydrogen (secondary N) is 1. The number of amides is 2. The second-order valence-corrected chi connectivity index (χ2v) is 8.87. The Morgan fingerprint density at radius 2 is 1.81 bits per heavy atom. The Morgan fingerprint density at radius 1 is 1.03 bits per heavy atom. The van der Waals surface area contributed by atoms with Gasteiger partial charge in [0.1, 0.15) is 17.4 Å². The number of carbonyl (C=O) groups excluding carboxylic acids is 2. The summed E-state index contributed by atoms with van der Waals surface area (Å²) in [6, 6.07) is 17.5. The minimum Gasteiger partial charge on any atom is -0.481 e. The summed E-state index contributed by atoms with van der Waals surface area (Å²) in [4.78, 5) is 27.4. The standard InChI is InChI=1S/C29H30F2N2O3/c1-3-26(29(35)32-18-19-8-11-22(30)12-9-19)36-24-13-10-20-14-15-33(27(34)4-2)28(25(20)17-24)21-6-5-7-23(31)16-21/h5-13,16-17,26,28H,3-4,14-15,18H2,1-2H3,(H,32,35)/t26-,28+/m1/s1. The van der Waals surface area contributed by atoms with Gasteiger partial charge in [0, 0.05) is 19.5 Å². The number of benzene rings is 3. The van der Waals surface area contributed by atoms with E-state index in [1.807, 2.05) is 38.1 Å². The summed E-state index contributed by atoms with van der Waals surface area (Å²) in [6.07, 6.45) is 0.750. The van der Waals surface area contributed by atoms with E-state index in [1.165, 1.54) is 24.3 Å². The first-order chi connectivity index (χ1) is 17.4. The first kappa shape index (κ1) is 25.4. The van der Waals surface area contributed by atoms with Crippen LogP contribution in [0.3, 0.4) is 0 Å². The van der Waals surface area contributed by atoms with Gasteiger partial charge in [-0.15, -0.1) is 0 Å². The number of hydrogen-bond acceptors (Lipinski definition) is 3. The van der Waals surface area contributed by atoms with E-state index in [2.05, 4.69) is 5.32 Å². The summed E-state index contributed by atoms with van der Waals surface area (Å²) >= 11 is 0. The van der Waals surface area contributed by atoms with Crippen LogP contribution in [0.1, 0.15) is 55.0 Å². The maximum atomic E-state index is 14.1. The molecule has 0 spiro atoms. The second kappa shape index (κ2) is 11.3. The number of rotatable bonds is 8. The second-order valence-electron chi connectivity index (χ2n) is 8.87. The normalized spacial score (nSPS) is 15.7. The first-order valence-electron chi connectivity index (χ1n) is 12.3. The molecule has 0 aromatic heterocycles. The lowest BCUT2D eigenvalue weighted by atomic mass is 9.87. The van der Waals surface area contributed by atoms with Crippen LogP contribution in [0.15, 0.2) is 66.7 Å². The van der Waals surface area contributed by atoms with Gasteiger partial charge in [0.15, 0.2) is 6.10 Å². The van der Waals surface area contributed by atoms with E-state index in [-0.39, 0.29) is 30.0 Å². The zero-order valence-electron chi connectivity index (χ0n) is 20.5. The Labute approximate surface area is 210 Å². The molecule has 0 fully saturated rings. The molecule has 5 nitrogen and oxygen atoms in total. The molecule has 1 heterocycles. The average Bonchev–Trinajstić information content (AvgIpc) is 2.90. The largest absolute Gasteiger partial charge is 0.481 e. The van der Waals surface area contributed by atoms with Gasteiger partial charge in [-0.3, -0.25) is 9.59 Å². The zero-order chi connectivity index (χ0) is 25.7. The molecular weight excluding hydrogens is 462 g/mol. The zero-order valence-corrected chi connectivity index (χ0v) is 20.5. The van der Waals surface area contributed by atoms with Crippen molar-refractivity contribution >= 4 is 11.8 Å². The van der Waals surface area contributed by atoms with Crippen LogP contribution in [-0.2, 0) is 22.6 Å². The summed E-state index contributed by atoms with van der Waals surface area (Å²) in [6.45, 7) is 4.48. The van der Waals surface area contributed by atoms with Gasteiger partial charge in [-0.05, 0) is 71.5 Å². The molecular formula is C29H30F2N2O3. The Balaban J connectivity index is 1.57. The molecule has 0 saturated heterocycles. The van der Waals surface area contributed by atoms with Crippen molar-refractivity contribution in [1.29, 1.82) is 0 Å². The molecule has 3 aromatic rings. The average molecular weight is 493 g/mol. The van der Waals surface area contributed by atoms with Crippen molar-refractivity contribution < 1.29 is 23.1 Å². The van der Waals surface area contributed by atoms with E-state index in [1.54, 1.807) is 23.1 Å². The Morgan fingerprint density at radius 3 is 2.50 bits per heavy atom. The third-order valence-corrected chi connectivity index (χ3v) is 6.45. The van der Waals surface area contributed by atoms with E-state index < -0.39 is 12.1 Å². The van der Waals surface area contributed by atoms with Gasteiger partial charge < -0.3 is 15.0 Å². The van der Waals surface area contributed by atoms with Gasteiger partial charge in [0.2, 0.25) is 5.91 Å². The van der Waals surface area contributed by atoms with Gasteiger partial charge in [-0.1, -0.05) is 44.2 Å². The van der Waals surface area contributed by atoms with Crippen LogP contribution in [0.5, 0.6) is 5.75 Å². The van der Waals surface area contributed by atoms with Crippen molar-refractivity contribution in [3.63, 3.8) is 0 Å². The smallest absolute Gasteiger partial charge is 0.261 e. The fourth-order valence-corrected chi connectivity index (χ4v) is 4.57. The molecule has 1 aliphatic heterocycles. The number of carbonyl (C=O) groups is 2. The Kier molecular flexibility index (Phi) is 7.98. The van der Waals surface area contributed by atoms with Crippen LogP contribution < -0.4 is 10.1 Å². The van der Waals surface area contributed by atoms with Crippen LogP contribution in [0.4, 0.5) is 8.78 Å². The van der Waals surface area contributed by atoms with Crippen LogP contribution in [0.2, 0.25) is 0 Å². The molecule has 0 unspecified atom stereocenters. The van der Waals surface area contributed by atoms with E-state index in [0.717, 1.165) is 16.7 Å². The lowest BCUT2D eigenvalue weighted by Crippen LogP contribution is -2.40. The quantitative estimate of drug-likeness (QED) is 0.463. The highest BCUT2D eigenvalue weighted by molar-refractivity contribution is 5.81. The van der Waals surface area contributed by atoms with Crippen molar-refractivity contribution in [3.8, 4) is 5.75 Å². The molecule has 3 aromatic carbocycles. The molecule has 2 amide bonds.